The van der Waals surface area contributed by atoms with E-state index in [-0.39, 0.29) is 16.3 Å². The Labute approximate surface area is 172 Å². The van der Waals surface area contributed by atoms with Crippen LogP contribution in [-0.4, -0.2) is 5.97 Å². The third-order valence-corrected chi connectivity index (χ3v) is 7.33. The minimum atomic E-state index is -1.06. The topological polar surface area (TPSA) is 26.3 Å². The van der Waals surface area contributed by atoms with Crippen LogP contribution < -0.4 is 0 Å². The van der Waals surface area contributed by atoms with E-state index >= 15 is 0 Å². The van der Waals surface area contributed by atoms with Crippen LogP contribution in [0.2, 0.25) is 0 Å². The molecule has 4 rings (SSSR count). The average molecular weight is 406 g/mol. The fourth-order valence-electron chi connectivity index (χ4n) is 3.57. The van der Waals surface area contributed by atoms with Crippen LogP contribution in [0.3, 0.4) is 0 Å². The molecule has 0 amide bonds. The molecular formula is C25H22FO2S+. The Morgan fingerprint density at radius 3 is 2.31 bits per heavy atom. The Kier molecular flexibility index (Phi) is 4.97. The first kappa shape index (κ1) is 19.3. The molecule has 1 aromatic heterocycles. The number of carbonyl (C=O) groups excluding carboxylic acids is 1. The Morgan fingerprint density at radius 2 is 1.59 bits per heavy atom. The van der Waals surface area contributed by atoms with Gasteiger partial charge in [0, 0.05) is 34.4 Å². The molecule has 0 aliphatic carbocycles. The zero-order valence-electron chi connectivity index (χ0n) is 16.6. The maximum absolute atomic E-state index is 14.1. The first-order valence-corrected chi connectivity index (χ1v) is 10.7. The number of carbonyl (C=O) groups is 1. The van der Waals surface area contributed by atoms with Gasteiger partial charge in [-0.1, -0.05) is 30.3 Å². The van der Waals surface area contributed by atoms with Gasteiger partial charge >= 0.3 is 5.97 Å². The summed E-state index contributed by atoms with van der Waals surface area (Å²) in [6.07, 6.45) is 0. The van der Waals surface area contributed by atoms with Crippen molar-refractivity contribution in [2.75, 3.05) is 0 Å². The molecule has 0 radical (unpaired) electrons. The van der Waals surface area contributed by atoms with Crippen molar-refractivity contribution in [2.24, 2.45) is 0 Å². The summed E-state index contributed by atoms with van der Waals surface area (Å²) in [5.74, 6) is -0.851. The molecule has 2 nitrogen and oxygen atoms in total. The van der Waals surface area contributed by atoms with Gasteiger partial charge < -0.3 is 4.74 Å². The van der Waals surface area contributed by atoms with E-state index in [1.807, 2.05) is 18.2 Å². The van der Waals surface area contributed by atoms with Crippen molar-refractivity contribution in [1.29, 1.82) is 0 Å². The number of rotatable bonds is 4. The summed E-state index contributed by atoms with van der Waals surface area (Å²) >= 11 is 0. The van der Waals surface area contributed by atoms with Crippen molar-refractivity contribution in [3.05, 3.63) is 101 Å². The van der Waals surface area contributed by atoms with Crippen LogP contribution in [0.15, 0.2) is 78.9 Å². The van der Waals surface area contributed by atoms with E-state index in [2.05, 4.69) is 31.2 Å². The van der Waals surface area contributed by atoms with E-state index < -0.39 is 11.6 Å². The Morgan fingerprint density at radius 1 is 0.931 bits per heavy atom. The number of esters is 1. The summed E-state index contributed by atoms with van der Waals surface area (Å²) in [7, 11) is -0.124. The minimum absolute atomic E-state index is 0.124. The quantitative estimate of drug-likeness (QED) is 0.267. The van der Waals surface area contributed by atoms with Crippen LogP contribution >= 0.6 is 10.5 Å². The smallest absolute Gasteiger partial charge is 0.339 e. The average Bonchev–Trinajstić information content (AvgIpc) is 3.03. The van der Waals surface area contributed by atoms with Gasteiger partial charge in [-0.25, -0.2) is 9.18 Å². The molecule has 0 spiro atoms. The van der Waals surface area contributed by atoms with Gasteiger partial charge in [-0.2, -0.15) is 0 Å². The van der Waals surface area contributed by atoms with Crippen LogP contribution in [0.4, 0.5) is 4.39 Å². The third-order valence-electron chi connectivity index (χ3n) is 5.02. The molecule has 146 valence electrons. The Balaban J connectivity index is 1.60. The summed E-state index contributed by atoms with van der Waals surface area (Å²) in [6, 6.07) is 24.5. The van der Waals surface area contributed by atoms with E-state index in [0.717, 1.165) is 4.90 Å². The summed E-state index contributed by atoms with van der Waals surface area (Å²) in [5, 5.41) is 1.25. The monoisotopic (exact) mass is 405 g/mol. The molecule has 0 bridgehead atoms. The van der Waals surface area contributed by atoms with Crippen LogP contribution in [0.25, 0.3) is 15.0 Å². The number of benzene rings is 3. The predicted molar refractivity (Wildman–Crippen MR) is 117 cm³/mol. The third kappa shape index (κ3) is 3.68. The molecule has 0 aliphatic rings. The highest BCUT2D eigenvalue weighted by atomic mass is 32.2. The molecule has 0 fully saturated rings. The van der Waals surface area contributed by atoms with Crippen molar-refractivity contribution in [1.82, 2.24) is 0 Å². The van der Waals surface area contributed by atoms with Crippen LogP contribution in [0, 0.1) is 12.7 Å². The molecule has 1 heterocycles. The largest absolute Gasteiger partial charge is 0.451 e. The van der Waals surface area contributed by atoms with Crippen LogP contribution in [0.5, 0.6) is 0 Å². The second-order valence-corrected chi connectivity index (χ2v) is 9.67. The van der Waals surface area contributed by atoms with Crippen molar-refractivity contribution in [3.8, 4) is 4.90 Å². The molecule has 4 aromatic rings. The van der Waals surface area contributed by atoms with Gasteiger partial charge in [-0.15, -0.1) is 0 Å². The van der Waals surface area contributed by atoms with Gasteiger partial charge in [0.25, 0.3) is 0 Å². The number of hydrogen-bond donors (Lipinski definition) is 0. The summed E-state index contributed by atoms with van der Waals surface area (Å²) in [6.45, 7) is 5.54. The van der Waals surface area contributed by atoms with E-state index in [4.69, 9.17) is 4.74 Å². The van der Waals surface area contributed by atoms with E-state index in [1.165, 1.54) is 21.0 Å². The maximum Gasteiger partial charge on any atom is 0.339 e. The molecule has 4 heteroatoms. The van der Waals surface area contributed by atoms with Crippen molar-refractivity contribution < 1.29 is 13.9 Å². The first-order valence-electron chi connectivity index (χ1n) is 9.47. The Bertz CT molecular complexity index is 1190. The lowest BCUT2D eigenvalue weighted by Gasteiger charge is -2.26. The van der Waals surface area contributed by atoms with E-state index in [0.29, 0.717) is 11.1 Å². The first-order chi connectivity index (χ1) is 13.9. The fourth-order valence-corrected chi connectivity index (χ4v) is 5.78. The van der Waals surface area contributed by atoms with Gasteiger partial charge in [-0.05, 0) is 56.3 Å². The van der Waals surface area contributed by atoms with E-state index in [9.17, 15) is 9.18 Å². The molecule has 3 aromatic carbocycles. The molecule has 1 unspecified atom stereocenters. The van der Waals surface area contributed by atoms with Crippen LogP contribution in [-0.2, 0) is 10.3 Å². The zero-order valence-corrected chi connectivity index (χ0v) is 17.4. The lowest BCUT2D eigenvalue weighted by atomic mass is 9.97. The van der Waals surface area contributed by atoms with Crippen LogP contribution in [0.1, 0.15) is 34.6 Å². The highest BCUT2D eigenvalue weighted by molar-refractivity contribution is 7.45. The van der Waals surface area contributed by atoms with Gasteiger partial charge in [-0.3, -0.25) is 0 Å². The predicted octanol–water partition coefficient (Wildman–Crippen LogP) is 7.12. The molecular weight excluding hydrogens is 383 g/mol. The standard InChI is InChI=1S/C25H22FO2S/c1-17-16-19-8-4-7-11-23(19)29(17)20-14-12-18(13-15-20)24(27)28-25(2,3)21-9-5-6-10-22(21)26/h4-16H,1-3H3/q+1. The normalized spacial score (nSPS) is 12.2. The second-order valence-electron chi connectivity index (χ2n) is 7.50. The summed E-state index contributed by atoms with van der Waals surface area (Å²) < 4.78 is 21.1. The fraction of sp³-hybridized carbons (Fsp3) is 0.160. The summed E-state index contributed by atoms with van der Waals surface area (Å²) in [4.78, 5) is 15.2. The van der Waals surface area contributed by atoms with Crippen molar-refractivity contribution >= 4 is 26.5 Å². The molecule has 0 saturated heterocycles. The number of thiophene rings is 1. The van der Waals surface area contributed by atoms with Gasteiger partial charge in [0.05, 0.1) is 5.56 Å². The van der Waals surface area contributed by atoms with Gasteiger partial charge in [0.15, 0.2) is 14.5 Å². The number of fused-ring (bicyclic) bond motifs is 1. The van der Waals surface area contributed by atoms with Crippen molar-refractivity contribution in [3.63, 3.8) is 0 Å². The maximum atomic E-state index is 14.1. The lowest BCUT2D eigenvalue weighted by Crippen LogP contribution is -2.26. The number of aryl methyl sites for hydroxylation is 1. The minimum Gasteiger partial charge on any atom is -0.451 e. The molecule has 0 saturated carbocycles. The molecule has 29 heavy (non-hydrogen) atoms. The number of hydrogen-bond acceptors (Lipinski definition) is 2. The van der Waals surface area contributed by atoms with Gasteiger partial charge in [0.1, 0.15) is 11.4 Å². The SMILES string of the molecule is Cc1cc2ccccc2[s+]1-c1ccc(C(=O)OC(C)(C)c2ccccc2F)cc1. The molecule has 0 N–H and O–H groups in total. The highest BCUT2D eigenvalue weighted by Gasteiger charge is 2.29. The highest BCUT2D eigenvalue weighted by Crippen LogP contribution is 2.43. The molecule has 0 aliphatic heterocycles. The van der Waals surface area contributed by atoms with Gasteiger partial charge in [0.2, 0.25) is 0 Å². The van der Waals surface area contributed by atoms with E-state index in [1.54, 1.807) is 44.2 Å². The summed E-state index contributed by atoms with van der Waals surface area (Å²) in [5.41, 5.74) is -0.252. The number of ether oxygens (including phenoxy) is 1. The molecule has 1 atom stereocenters. The lowest BCUT2D eigenvalue weighted by molar-refractivity contribution is -0.00451. The van der Waals surface area contributed by atoms with Crippen molar-refractivity contribution in [2.45, 2.75) is 26.4 Å². The number of halogens is 1. The zero-order chi connectivity index (χ0) is 20.6. The Hall–Kier alpha value is -2.98. The second kappa shape index (κ2) is 7.45.